The number of hydrogen-bond donors (Lipinski definition) is 1. The Labute approximate surface area is 115 Å². The van der Waals surface area contributed by atoms with E-state index < -0.39 is 0 Å². The molecule has 3 nitrogen and oxygen atoms in total. The van der Waals surface area contributed by atoms with E-state index in [1.54, 1.807) is 0 Å². The predicted octanol–water partition coefficient (Wildman–Crippen LogP) is 2.27. The molecule has 2 bridgehead atoms. The van der Waals surface area contributed by atoms with Gasteiger partial charge in [0.2, 0.25) is 0 Å². The maximum atomic E-state index is 12.7. The largest absolute Gasteiger partial charge is 0.337 e. The number of hydrogen-bond acceptors (Lipinski definition) is 2. The molecule has 3 rings (SSSR count). The van der Waals surface area contributed by atoms with Gasteiger partial charge in [0.15, 0.2) is 0 Å². The molecule has 1 aromatic rings. The molecule has 2 atom stereocenters. The van der Waals surface area contributed by atoms with Crippen LogP contribution in [-0.2, 0) is 0 Å². The number of benzene rings is 1. The molecule has 3 heteroatoms. The van der Waals surface area contributed by atoms with Crippen LogP contribution in [0, 0.1) is 13.8 Å². The number of nitrogens with zero attached hydrogens (tertiary/aromatic N) is 1. The Kier molecular flexibility index (Phi) is 3.31. The van der Waals surface area contributed by atoms with E-state index in [0.717, 1.165) is 30.6 Å². The molecule has 19 heavy (non-hydrogen) atoms. The number of carbonyl (C=O) groups excluding carboxylic acids is 1. The van der Waals surface area contributed by atoms with E-state index in [-0.39, 0.29) is 5.91 Å². The first-order chi connectivity index (χ1) is 9.13. The van der Waals surface area contributed by atoms with Crippen LogP contribution in [0.15, 0.2) is 18.2 Å². The van der Waals surface area contributed by atoms with Crippen molar-refractivity contribution in [1.29, 1.82) is 0 Å². The molecule has 2 heterocycles. The van der Waals surface area contributed by atoms with Gasteiger partial charge in [-0.15, -0.1) is 0 Å². The molecule has 0 aliphatic carbocycles. The van der Waals surface area contributed by atoms with E-state index in [9.17, 15) is 4.79 Å². The van der Waals surface area contributed by atoms with Gasteiger partial charge in [-0.3, -0.25) is 4.79 Å². The second-order valence-corrected chi connectivity index (χ2v) is 6.00. The first-order valence-corrected chi connectivity index (χ1v) is 7.26. The van der Waals surface area contributed by atoms with Gasteiger partial charge in [0.25, 0.3) is 5.91 Å². The van der Waals surface area contributed by atoms with Gasteiger partial charge >= 0.3 is 0 Å². The summed E-state index contributed by atoms with van der Waals surface area (Å²) < 4.78 is 0. The molecule has 2 fully saturated rings. The fourth-order valence-electron chi connectivity index (χ4n) is 3.35. The maximum absolute atomic E-state index is 12.7. The average Bonchev–Trinajstić information content (AvgIpc) is 2.68. The average molecular weight is 258 g/mol. The van der Waals surface area contributed by atoms with Crippen molar-refractivity contribution in [3.05, 3.63) is 34.9 Å². The minimum absolute atomic E-state index is 0.201. The Balaban J connectivity index is 1.79. The summed E-state index contributed by atoms with van der Waals surface area (Å²) in [7, 11) is 0. The van der Waals surface area contributed by atoms with Gasteiger partial charge in [-0.2, -0.15) is 0 Å². The van der Waals surface area contributed by atoms with Crippen LogP contribution in [-0.4, -0.2) is 36.0 Å². The molecule has 0 radical (unpaired) electrons. The Morgan fingerprint density at radius 3 is 2.79 bits per heavy atom. The minimum atomic E-state index is 0.201. The van der Waals surface area contributed by atoms with E-state index in [4.69, 9.17) is 0 Å². The van der Waals surface area contributed by atoms with Gasteiger partial charge in [0.1, 0.15) is 0 Å². The van der Waals surface area contributed by atoms with Crippen molar-refractivity contribution in [3.8, 4) is 0 Å². The molecule has 0 saturated carbocycles. The maximum Gasteiger partial charge on any atom is 0.254 e. The lowest BCUT2D eigenvalue weighted by molar-refractivity contribution is 0.0747. The molecule has 1 N–H and O–H groups in total. The molecule has 2 aliphatic heterocycles. The first-order valence-electron chi connectivity index (χ1n) is 7.26. The summed E-state index contributed by atoms with van der Waals surface area (Å²) in [5.74, 6) is 0.201. The summed E-state index contributed by atoms with van der Waals surface area (Å²) >= 11 is 0. The summed E-state index contributed by atoms with van der Waals surface area (Å²) in [5.41, 5.74) is 3.17. The van der Waals surface area contributed by atoms with E-state index in [1.807, 2.05) is 24.0 Å². The van der Waals surface area contributed by atoms with E-state index in [1.165, 1.54) is 18.4 Å². The summed E-state index contributed by atoms with van der Waals surface area (Å²) in [6, 6.07) is 7.23. The third-order valence-corrected chi connectivity index (χ3v) is 4.42. The van der Waals surface area contributed by atoms with Crippen LogP contribution in [0.1, 0.15) is 40.7 Å². The Bertz CT molecular complexity index is 498. The van der Waals surface area contributed by atoms with Crippen LogP contribution in [0.3, 0.4) is 0 Å². The third kappa shape index (κ3) is 2.52. The number of aryl methyl sites for hydroxylation is 2. The fourth-order valence-corrected chi connectivity index (χ4v) is 3.35. The third-order valence-electron chi connectivity index (χ3n) is 4.42. The van der Waals surface area contributed by atoms with E-state index in [0.29, 0.717) is 12.1 Å². The molecular formula is C16H22N2O. The number of rotatable bonds is 1. The summed E-state index contributed by atoms with van der Waals surface area (Å²) in [4.78, 5) is 14.7. The lowest BCUT2D eigenvalue weighted by Gasteiger charge is -2.25. The summed E-state index contributed by atoms with van der Waals surface area (Å²) in [6.45, 7) is 5.85. The minimum Gasteiger partial charge on any atom is -0.337 e. The monoisotopic (exact) mass is 258 g/mol. The molecule has 0 aromatic heterocycles. The van der Waals surface area contributed by atoms with Crippen molar-refractivity contribution in [2.75, 3.05) is 13.1 Å². The van der Waals surface area contributed by atoms with Crippen LogP contribution >= 0.6 is 0 Å². The van der Waals surface area contributed by atoms with Crippen molar-refractivity contribution in [3.63, 3.8) is 0 Å². The second kappa shape index (κ2) is 4.97. The van der Waals surface area contributed by atoms with Crippen molar-refractivity contribution in [2.24, 2.45) is 0 Å². The Morgan fingerprint density at radius 2 is 2.00 bits per heavy atom. The van der Waals surface area contributed by atoms with Crippen molar-refractivity contribution in [2.45, 2.75) is 45.2 Å². The van der Waals surface area contributed by atoms with Crippen molar-refractivity contribution >= 4 is 5.91 Å². The van der Waals surface area contributed by atoms with Gasteiger partial charge in [0, 0.05) is 30.7 Å². The molecule has 1 amide bonds. The van der Waals surface area contributed by atoms with Crippen LogP contribution in [0.2, 0.25) is 0 Å². The van der Waals surface area contributed by atoms with Gasteiger partial charge in [-0.05, 0) is 44.7 Å². The molecule has 102 valence electrons. The van der Waals surface area contributed by atoms with Crippen molar-refractivity contribution in [1.82, 2.24) is 10.2 Å². The molecule has 0 spiro atoms. The molecule has 1 aromatic carbocycles. The zero-order valence-corrected chi connectivity index (χ0v) is 11.8. The van der Waals surface area contributed by atoms with Gasteiger partial charge in [-0.25, -0.2) is 0 Å². The predicted molar refractivity (Wildman–Crippen MR) is 76.4 cm³/mol. The van der Waals surface area contributed by atoms with Gasteiger partial charge in [-0.1, -0.05) is 17.7 Å². The quantitative estimate of drug-likeness (QED) is 0.838. The molecule has 2 saturated heterocycles. The molecule has 2 aliphatic rings. The van der Waals surface area contributed by atoms with E-state index in [2.05, 4.69) is 18.3 Å². The summed E-state index contributed by atoms with van der Waals surface area (Å²) in [5, 5.41) is 3.62. The van der Waals surface area contributed by atoms with Gasteiger partial charge in [0.05, 0.1) is 0 Å². The number of fused-ring (bicyclic) bond motifs is 2. The zero-order valence-electron chi connectivity index (χ0n) is 11.8. The zero-order chi connectivity index (χ0) is 13.4. The van der Waals surface area contributed by atoms with E-state index >= 15 is 0 Å². The van der Waals surface area contributed by atoms with Crippen LogP contribution < -0.4 is 5.32 Å². The Morgan fingerprint density at radius 1 is 1.21 bits per heavy atom. The van der Waals surface area contributed by atoms with Crippen LogP contribution in [0.5, 0.6) is 0 Å². The first kappa shape index (κ1) is 12.7. The smallest absolute Gasteiger partial charge is 0.254 e. The fraction of sp³-hybridized carbons (Fsp3) is 0.562. The molecular weight excluding hydrogens is 236 g/mol. The normalized spacial score (nSPS) is 26.3. The lowest BCUT2D eigenvalue weighted by atomic mass is 10.0. The number of likely N-dealkylation sites (tertiary alicyclic amines) is 1. The van der Waals surface area contributed by atoms with Crippen LogP contribution in [0.25, 0.3) is 0 Å². The summed E-state index contributed by atoms with van der Waals surface area (Å²) in [6.07, 6.45) is 3.57. The number of nitrogens with one attached hydrogen (secondary N) is 1. The highest BCUT2D eigenvalue weighted by molar-refractivity contribution is 5.95. The van der Waals surface area contributed by atoms with Gasteiger partial charge < -0.3 is 10.2 Å². The lowest BCUT2D eigenvalue weighted by Crippen LogP contribution is -2.39. The number of carbonyl (C=O) groups is 1. The molecule has 2 unspecified atom stereocenters. The Hall–Kier alpha value is -1.35. The topological polar surface area (TPSA) is 32.3 Å². The standard InChI is InChI=1S/C16H22N2O/c1-11-3-6-15(12(2)9-11)16(19)18-8-7-13-4-5-14(10-18)17-13/h3,6,9,13-14,17H,4-5,7-8,10H2,1-2H3. The highest BCUT2D eigenvalue weighted by Gasteiger charge is 2.31. The highest BCUT2D eigenvalue weighted by Crippen LogP contribution is 2.22. The van der Waals surface area contributed by atoms with Crippen molar-refractivity contribution < 1.29 is 4.79 Å². The SMILES string of the molecule is Cc1ccc(C(=O)N2CCC3CCC(C2)N3)c(C)c1. The number of amides is 1. The second-order valence-electron chi connectivity index (χ2n) is 6.00. The highest BCUT2D eigenvalue weighted by atomic mass is 16.2. The van der Waals surface area contributed by atoms with Crippen LogP contribution in [0.4, 0.5) is 0 Å².